The monoisotopic (exact) mass is 514 g/mol. The number of methoxy groups -OCH3 is 5. The molecule has 2 aromatic rings. The van der Waals surface area contributed by atoms with Crippen molar-refractivity contribution in [2.24, 2.45) is 0 Å². The molecule has 2 aliphatic rings. The van der Waals surface area contributed by atoms with E-state index < -0.39 is 6.04 Å². The summed E-state index contributed by atoms with van der Waals surface area (Å²) in [5, 5.41) is 17.2. The molecule has 2 heterocycles. The summed E-state index contributed by atoms with van der Waals surface area (Å²) in [4.78, 5) is 12.7. The molecule has 2 aliphatic heterocycles. The SMILES string of the molecule is COC(=O)[C@@H]1Cc2c(cc(OC)c(C)c2OC)[C@H]([C@@H]2Cc3cc(C)c(OC)c(OC)c3[C@H](CCO)N2)N1. The fourth-order valence-corrected chi connectivity index (χ4v) is 6.05. The molecule has 202 valence electrons. The molecule has 2 aromatic carbocycles. The van der Waals surface area contributed by atoms with Crippen molar-refractivity contribution in [2.45, 2.75) is 57.3 Å². The minimum absolute atomic E-state index is 0.00345. The summed E-state index contributed by atoms with van der Waals surface area (Å²) in [5.74, 6) is 2.51. The van der Waals surface area contributed by atoms with Crippen LogP contribution >= 0.6 is 0 Å². The number of nitrogens with one attached hydrogen (secondary N) is 2. The lowest BCUT2D eigenvalue weighted by molar-refractivity contribution is -0.143. The summed E-state index contributed by atoms with van der Waals surface area (Å²) in [7, 11) is 7.96. The maximum atomic E-state index is 12.7. The molecule has 0 bridgehead atoms. The Balaban J connectivity index is 1.86. The predicted octanol–water partition coefficient (Wildman–Crippen LogP) is 2.70. The van der Waals surface area contributed by atoms with Gasteiger partial charge in [0.2, 0.25) is 0 Å². The number of fused-ring (bicyclic) bond motifs is 2. The van der Waals surface area contributed by atoms with Crippen LogP contribution in [-0.2, 0) is 22.4 Å². The normalized spacial score (nSPS) is 22.5. The van der Waals surface area contributed by atoms with Crippen LogP contribution in [0.3, 0.4) is 0 Å². The van der Waals surface area contributed by atoms with Gasteiger partial charge in [0.25, 0.3) is 0 Å². The molecule has 0 aromatic heterocycles. The molecule has 0 saturated heterocycles. The van der Waals surface area contributed by atoms with Crippen molar-refractivity contribution >= 4 is 5.97 Å². The van der Waals surface area contributed by atoms with Gasteiger partial charge in [0, 0.05) is 47.8 Å². The van der Waals surface area contributed by atoms with E-state index in [0.29, 0.717) is 30.8 Å². The number of aliphatic hydroxyl groups excluding tert-OH is 1. The van der Waals surface area contributed by atoms with Gasteiger partial charge in [-0.15, -0.1) is 0 Å². The molecule has 4 atom stereocenters. The maximum Gasteiger partial charge on any atom is 0.323 e. The number of hydrogen-bond acceptors (Lipinski definition) is 9. The summed E-state index contributed by atoms with van der Waals surface area (Å²) in [6, 6.07) is 3.10. The summed E-state index contributed by atoms with van der Waals surface area (Å²) in [6.45, 7) is 3.96. The molecule has 0 fully saturated rings. The summed E-state index contributed by atoms with van der Waals surface area (Å²) in [5.41, 5.74) is 5.96. The van der Waals surface area contributed by atoms with Crippen LogP contribution in [0.15, 0.2) is 12.1 Å². The standard InChI is InChI=1S/C28H38N2O7/c1-14-10-16-11-20(29-19(8-9-31)23(16)27(36-6)25(14)34-4)24-17-13-22(33-3)15(2)26(35-5)18(17)12-21(30-24)28(32)37-7/h10,13,19-21,24,29-31H,8-9,11-12H2,1-7H3/t19-,20-,21-,24+/m0/s1. The van der Waals surface area contributed by atoms with Crippen molar-refractivity contribution in [1.82, 2.24) is 10.6 Å². The second-order valence-corrected chi connectivity index (χ2v) is 9.60. The Kier molecular flexibility index (Phi) is 8.16. The lowest BCUT2D eigenvalue weighted by atomic mass is 9.79. The zero-order valence-electron chi connectivity index (χ0n) is 22.7. The van der Waals surface area contributed by atoms with Crippen molar-refractivity contribution in [3.63, 3.8) is 0 Å². The molecule has 0 saturated carbocycles. The molecule has 0 amide bonds. The van der Waals surface area contributed by atoms with Crippen LogP contribution in [0.25, 0.3) is 0 Å². The van der Waals surface area contributed by atoms with E-state index in [1.165, 1.54) is 7.11 Å². The Morgan fingerprint density at radius 3 is 2.24 bits per heavy atom. The van der Waals surface area contributed by atoms with Crippen LogP contribution in [0.1, 0.15) is 51.9 Å². The first-order chi connectivity index (χ1) is 17.8. The number of aliphatic hydroxyl groups is 1. The molecule has 9 nitrogen and oxygen atoms in total. The molecule has 0 radical (unpaired) electrons. The Bertz CT molecular complexity index is 1170. The average molecular weight is 515 g/mol. The van der Waals surface area contributed by atoms with E-state index in [2.05, 4.69) is 16.7 Å². The minimum Gasteiger partial charge on any atom is -0.496 e. The van der Waals surface area contributed by atoms with Gasteiger partial charge in [0.05, 0.1) is 35.5 Å². The quantitative estimate of drug-likeness (QED) is 0.458. The Labute approximate surface area is 218 Å². The van der Waals surface area contributed by atoms with Gasteiger partial charge < -0.3 is 34.1 Å². The van der Waals surface area contributed by atoms with Crippen molar-refractivity contribution in [2.75, 3.05) is 42.2 Å². The number of hydrogen-bond donors (Lipinski definition) is 3. The maximum absolute atomic E-state index is 12.7. The molecule has 9 heteroatoms. The molecule has 0 spiro atoms. The van der Waals surface area contributed by atoms with Gasteiger partial charge in [-0.25, -0.2) is 0 Å². The average Bonchev–Trinajstić information content (AvgIpc) is 2.90. The van der Waals surface area contributed by atoms with Gasteiger partial charge in [0.15, 0.2) is 11.5 Å². The summed E-state index contributed by atoms with van der Waals surface area (Å²) < 4.78 is 28.1. The highest BCUT2D eigenvalue weighted by molar-refractivity contribution is 5.77. The zero-order valence-corrected chi connectivity index (χ0v) is 22.7. The van der Waals surface area contributed by atoms with Crippen LogP contribution in [-0.4, -0.2) is 65.3 Å². The smallest absolute Gasteiger partial charge is 0.323 e. The van der Waals surface area contributed by atoms with Crippen LogP contribution < -0.4 is 29.6 Å². The lowest BCUT2D eigenvalue weighted by Gasteiger charge is -2.43. The first-order valence-corrected chi connectivity index (χ1v) is 12.5. The van der Waals surface area contributed by atoms with Crippen molar-refractivity contribution < 1.29 is 33.6 Å². The van der Waals surface area contributed by atoms with Crippen molar-refractivity contribution in [3.8, 4) is 23.0 Å². The van der Waals surface area contributed by atoms with Crippen LogP contribution in [0.5, 0.6) is 23.0 Å². The minimum atomic E-state index is -0.532. The Morgan fingerprint density at radius 1 is 0.946 bits per heavy atom. The van der Waals surface area contributed by atoms with Gasteiger partial charge in [0.1, 0.15) is 17.5 Å². The number of ether oxygens (including phenoxy) is 5. The Morgan fingerprint density at radius 2 is 1.65 bits per heavy atom. The number of carbonyl (C=O) groups excluding carboxylic acids is 1. The highest BCUT2D eigenvalue weighted by Gasteiger charge is 2.41. The van der Waals surface area contributed by atoms with Gasteiger partial charge in [-0.1, -0.05) is 6.07 Å². The van der Waals surface area contributed by atoms with E-state index in [4.69, 9.17) is 23.7 Å². The van der Waals surface area contributed by atoms with E-state index >= 15 is 0 Å². The largest absolute Gasteiger partial charge is 0.496 e. The summed E-state index contributed by atoms with van der Waals surface area (Å²) in [6.07, 6.45) is 1.61. The van der Waals surface area contributed by atoms with Crippen LogP contribution in [0.4, 0.5) is 0 Å². The molecule has 4 rings (SSSR count). The van der Waals surface area contributed by atoms with Crippen LogP contribution in [0, 0.1) is 13.8 Å². The first-order valence-electron chi connectivity index (χ1n) is 12.5. The van der Waals surface area contributed by atoms with Gasteiger partial charge in [-0.3, -0.25) is 10.1 Å². The predicted molar refractivity (Wildman–Crippen MR) is 139 cm³/mol. The van der Waals surface area contributed by atoms with Gasteiger partial charge in [-0.05, 0) is 49.4 Å². The molecule has 37 heavy (non-hydrogen) atoms. The van der Waals surface area contributed by atoms with Gasteiger partial charge >= 0.3 is 5.97 Å². The molecule has 3 N–H and O–H groups in total. The van der Waals surface area contributed by atoms with Gasteiger partial charge in [-0.2, -0.15) is 0 Å². The van der Waals surface area contributed by atoms with E-state index in [1.54, 1.807) is 28.4 Å². The van der Waals surface area contributed by atoms with Crippen molar-refractivity contribution in [1.29, 1.82) is 0 Å². The fourth-order valence-electron chi connectivity index (χ4n) is 6.05. The topological polar surface area (TPSA) is 108 Å². The molecule has 0 aliphatic carbocycles. The van der Waals surface area contributed by atoms with Crippen LogP contribution in [0.2, 0.25) is 0 Å². The lowest BCUT2D eigenvalue weighted by Crippen LogP contribution is -2.54. The zero-order chi connectivity index (χ0) is 26.9. The highest BCUT2D eigenvalue weighted by Crippen LogP contribution is 2.47. The summed E-state index contributed by atoms with van der Waals surface area (Å²) >= 11 is 0. The molecule has 0 unspecified atom stereocenters. The third-order valence-electron chi connectivity index (χ3n) is 7.63. The van der Waals surface area contributed by atoms with E-state index in [1.807, 2.05) is 19.9 Å². The second-order valence-electron chi connectivity index (χ2n) is 9.60. The van der Waals surface area contributed by atoms with Crippen molar-refractivity contribution in [3.05, 3.63) is 45.5 Å². The van der Waals surface area contributed by atoms with E-state index in [-0.39, 0.29) is 30.7 Å². The molecular weight excluding hydrogens is 476 g/mol. The number of benzene rings is 2. The van der Waals surface area contributed by atoms with E-state index in [9.17, 15) is 9.90 Å². The highest BCUT2D eigenvalue weighted by atomic mass is 16.5. The second kappa shape index (κ2) is 11.2. The fraction of sp³-hybridized carbons (Fsp3) is 0.536. The Hall–Kier alpha value is -3.01. The van der Waals surface area contributed by atoms with E-state index in [0.717, 1.165) is 44.9 Å². The number of carbonyl (C=O) groups is 1. The molecular formula is C28H38N2O7. The third kappa shape index (κ3) is 4.71. The first kappa shape index (κ1) is 27.0. The number of esters is 1. The number of aryl methyl sites for hydroxylation is 1. The number of rotatable bonds is 8. The third-order valence-corrected chi connectivity index (χ3v) is 7.63.